The number of hydrogen-bond acceptors (Lipinski definition) is 4. The van der Waals surface area contributed by atoms with E-state index < -0.39 is 6.48 Å². The molecule has 0 amide bonds. The lowest BCUT2D eigenvalue weighted by atomic mass is 10.3. The van der Waals surface area contributed by atoms with Crippen molar-refractivity contribution in [3.05, 3.63) is 18.2 Å². The summed E-state index contributed by atoms with van der Waals surface area (Å²) in [6.45, 7) is 1.69. The third-order valence-electron chi connectivity index (χ3n) is 1.68. The minimum Gasteiger partial charge on any atom is -0.508 e. The first kappa shape index (κ1) is 8.19. The monoisotopic (exact) mass is 182 g/mol. The van der Waals surface area contributed by atoms with Gasteiger partial charge < -0.3 is 19.3 Å². The number of fused-ring (bicyclic) bond motifs is 1. The predicted molar refractivity (Wildman–Crippen MR) is 44.8 cm³/mol. The van der Waals surface area contributed by atoms with E-state index in [-0.39, 0.29) is 5.75 Å². The van der Waals surface area contributed by atoms with E-state index in [1.165, 1.54) is 12.1 Å². The highest BCUT2D eigenvalue weighted by atomic mass is 16.9. The topological polar surface area (TPSA) is 47.9 Å². The predicted octanol–water partition coefficient (Wildman–Crippen LogP) is 1.48. The molecule has 0 spiro atoms. The molecule has 1 atom stereocenters. The Balaban J connectivity index is 2.16. The summed E-state index contributed by atoms with van der Waals surface area (Å²) >= 11 is 0. The molecule has 1 N–H and O–H groups in total. The van der Waals surface area contributed by atoms with Crippen LogP contribution in [-0.2, 0) is 4.74 Å². The molecule has 1 aromatic rings. The van der Waals surface area contributed by atoms with Crippen LogP contribution >= 0.6 is 0 Å². The molecule has 0 aliphatic carbocycles. The number of phenols is 1. The number of phenolic OH excluding ortho intramolecular Hbond substituents is 1. The van der Waals surface area contributed by atoms with Gasteiger partial charge in [-0.3, -0.25) is 0 Å². The molecule has 1 aromatic carbocycles. The molecule has 1 unspecified atom stereocenters. The molecule has 4 nitrogen and oxygen atoms in total. The molecular formula is C9H10O4. The van der Waals surface area contributed by atoms with Crippen molar-refractivity contribution in [2.75, 3.05) is 6.61 Å². The average Bonchev–Trinajstić information content (AvgIpc) is 2.46. The second-order valence-electron chi connectivity index (χ2n) is 2.61. The molecule has 1 aliphatic heterocycles. The van der Waals surface area contributed by atoms with Crippen LogP contribution in [0.15, 0.2) is 18.2 Å². The highest BCUT2D eigenvalue weighted by Crippen LogP contribution is 2.37. The van der Waals surface area contributed by atoms with E-state index in [9.17, 15) is 0 Å². The summed E-state index contributed by atoms with van der Waals surface area (Å²) in [5, 5.41) is 9.14. The third-order valence-corrected chi connectivity index (χ3v) is 1.68. The normalized spacial score (nSPS) is 19.0. The van der Waals surface area contributed by atoms with Crippen LogP contribution in [0.5, 0.6) is 17.2 Å². The number of hydrogen-bond donors (Lipinski definition) is 1. The maximum Gasteiger partial charge on any atom is 0.361 e. The zero-order valence-electron chi connectivity index (χ0n) is 7.19. The van der Waals surface area contributed by atoms with Crippen LogP contribution in [0.25, 0.3) is 0 Å². The standard InChI is InChI=1S/C9H10O4/c1-2-11-9-12-7-4-3-6(10)5-8(7)13-9/h3-5,9-10H,2H2,1H3. The Morgan fingerprint density at radius 1 is 1.38 bits per heavy atom. The summed E-state index contributed by atoms with van der Waals surface area (Å²) in [5.74, 6) is 1.26. The molecule has 0 radical (unpaired) electrons. The molecule has 0 aromatic heterocycles. The van der Waals surface area contributed by atoms with Crippen LogP contribution in [0.2, 0.25) is 0 Å². The zero-order valence-corrected chi connectivity index (χ0v) is 7.19. The Bertz CT molecular complexity index is 310. The summed E-state index contributed by atoms with van der Waals surface area (Å²) in [7, 11) is 0. The Morgan fingerprint density at radius 2 is 2.15 bits per heavy atom. The fraction of sp³-hybridized carbons (Fsp3) is 0.333. The molecule has 0 saturated carbocycles. The van der Waals surface area contributed by atoms with Gasteiger partial charge in [0.2, 0.25) is 0 Å². The van der Waals surface area contributed by atoms with Crippen LogP contribution in [0.4, 0.5) is 0 Å². The van der Waals surface area contributed by atoms with Crippen molar-refractivity contribution >= 4 is 0 Å². The minimum absolute atomic E-state index is 0.152. The van der Waals surface area contributed by atoms with Gasteiger partial charge in [0, 0.05) is 6.07 Å². The summed E-state index contributed by atoms with van der Waals surface area (Å²) in [5.41, 5.74) is 0. The second kappa shape index (κ2) is 3.14. The van der Waals surface area contributed by atoms with Crippen molar-refractivity contribution in [3.8, 4) is 17.2 Å². The molecule has 13 heavy (non-hydrogen) atoms. The van der Waals surface area contributed by atoms with E-state index >= 15 is 0 Å². The quantitative estimate of drug-likeness (QED) is 0.752. The van der Waals surface area contributed by atoms with Gasteiger partial charge in [0.05, 0.1) is 6.61 Å². The maximum absolute atomic E-state index is 9.14. The first-order chi connectivity index (χ1) is 6.29. The van der Waals surface area contributed by atoms with Gasteiger partial charge in [0.25, 0.3) is 0 Å². The van der Waals surface area contributed by atoms with Crippen LogP contribution in [0.3, 0.4) is 0 Å². The molecule has 1 aliphatic rings. The van der Waals surface area contributed by atoms with E-state index in [1.54, 1.807) is 6.07 Å². The molecule has 4 heteroatoms. The zero-order chi connectivity index (χ0) is 9.26. The molecule has 70 valence electrons. The second-order valence-corrected chi connectivity index (χ2v) is 2.61. The van der Waals surface area contributed by atoms with Gasteiger partial charge in [-0.2, -0.15) is 0 Å². The Labute approximate surface area is 75.7 Å². The van der Waals surface area contributed by atoms with Crippen molar-refractivity contribution in [1.82, 2.24) is 0 Å². The number of aromatic hydroxyl groups is 1. The minimum atomic E-state index is -0.679. The van der Waals surface area contributed by atoms with E-state index in [4.69, 9.17) is 19.3 Å². The Morgan fingerprint density at radius 3 is 2.92 bits per heavy atom. The molecular weight excluding hydrogens is 172 g/mol. The van der Waals surface area contributed by atoms with Crippen LogP contribution in [0.1, 0.15) is 6.92 Å². The first-order valence-corrected chi connectivity index (χ1v) is 4.07. The lowest BCUT2D eigenvalue weighted by molar-refractivity contribution is -0.173. The summed E-state index contributed by atoms with van der Waals surface area (Å²) in [6.07, 6.45) is 0. The maximum atomic E-state index is 9.14. The van der Waals surface area contributed by atoms with E-state index in [0.29, 0.717) is 18.1 Å². The first-order valence-electron chi connectivity index (χ1n) is 4.07. The van der Waals surface area contributed by atoms with Crippen molar-refractivity contribution in [2.24, 2.45) is 0 Å². The Kier molecular flexibility index (Phi) is 1.98. The van der Waals surface area contributed by atoms with Crippen molar-refractivity contribution in [1.29, 1.82) is 0 Å². The van der Waals surface area contributed by atoms with Crippen molar-refractivity contribution < 1.29 is 19.3 Å². The van der Waals surface area contributed by atoms with E-state index in [0.717, 1.165) is 0 Å². The lowest BCUT2D eigenvalue weighted by Crippen LogP contribution is -2.21. The smallest absolute Gasteiger partial charge is 0.361 e. The summed E-state index contributed by atoms with van der Waals surface area (Å²) < 4.78 is 15.6. The van der Waals surface area contributed by atoms with Crippen molar-refractivity contribution in [2.45, 2.75) is 13.4 Å². The molecule has 0 bridgehead atoms. The summed E-state index contributed by atoms with van der Waals surface area (Å²) in [6, 6.07) is 4.68. The van der Waals surface area contributed by atoms with Crippen LogP contribution in [-0.4, -0.2) is 18.2 Å². The highest BCUT2D eigenvalue weighted by Gasteiger charge is 2.24. The third kappa shape index (κ3) is 1.53. The van der Waals surface area contributed by atoms with Gasteiger partial charge in [0.1, 0.15) is 5.75 Å². The largest absolute Gasteiger partial charge is 0.508 e. The number of ether oxygens (including phenoxy) is 3. The molecule has 2 rings (SSSR count). The molecule has 0 fully saturated rings. The summed E-state index contributed by atoms with van der Waals surface area (Å²) in [4.78, 5) is 0. The SMILES string of the molecule is CCOC1Oc2ccc(O)cc2O1. The Hall–Kier alpha value is -1.42. The van der Waals surface area contributed by atoms with Crippen LogP contribution < -0.4 is 9.47 Å². The van der Waals surface area contributed by atoms with E-state index in [1.807, 2.05) is 6.92 Å². The van der Waals surface area contributed by atoms with Crippen molar-refractivity contribution in [3.63, 3.8) is 0 Å². The van der Waals surface area contributed by atoms with Gasteiger partial charge >= 0.3 is 6.48 Å². The van der Waals surface area contributed by atoms with Gasteiger partial charge in [0.15, 0.2) is 11.5 Å². The average molecular weight is 182 g/mol. The number of rotatable bonds is 2. The molecule has 0 saturated heterocycles. The van der Waals surface area contributed by atoms with E-state index in [2.05, 4.69) is 0 Å². The fourth-order valence-electron chi connectivity index (χ4n) is 1.12. The van der Waals surface area contributed by atoms with Gasteiger partial charge in [-0.1, -0.05) is 0 Å². The van der Waals surface area contributed by atoms with Gasteiger partial charge in [-0.05, 0) is 19.1 Å². The van der Waals surface area contributed by atoms with Crippen LogP contribution in [0, 0.1) is 0 Å². The highest BCUT2D eigenvalue weighted by molar-refractivity contribution is 5.46. The van der Waals surface area contributed by atoms with Gasteiger partial charge in [-0.25, -0.2) is 0 Å². The fourth-order valence-corrected chi connectivity index (χ4v) is 1.12. The molecule has 1 heterocycles. The lowest BCUT2D eigenvalue weighted by Gasteiger charge is -2.07. The van der Waals surface area contributed by atoms with Gasteiger partial charge in [-0.15, -0.1) is 0 Å². The number of benzene rings is 1.